The summed E-state index contributed by atoms with van der Waals surface area (Å²) >= 11 is 6.61. The Balaban J connectivity index is 1.25. The normalized spacial score (nSPS) is 10.7. The number of carbonyl (C=O) groups excluding carboxylic acids is 1. The molecule has 0 aliphatic rings. The largest absolute Gasteiger partial charge is 0.451 e. The van der Waals surface area contributed by atoms with E-state index >= 15 is 0 Å². The highest BCUT2D eigenvalue weighted by Gasteiger charge is 2.20. The van der Waals surface area contributed by atoms with Gasteiger partial charge in [-0.2, -0.15) is 0 Å². The first-order valence-electron chi connectivity index (χ1n) is 10.4. The molecule has 0 aliphatic heterocycles. The molecule has 0 bridgehead atoms. The average molecular weight is 501 g/mol. The fourth-order valence-corrected chi connectivity index (χ4v) is 4.53. The fraction of sp³-hybridized carbons (Fsp3) is 0. The van der Waals surface area contributed by atoms with Crippen molar-refractivity contribution < 1.29 is 14.1 Å². The van der Waals surface area contributed by atoms with Gasteiger partial charge in [0.1, 0.15) is 5.76 Å². The number of furan rings is 1. The molecular formula is C25H16N4O4S2. The number of nitro groups is 1. The summed E-state index contributed by atoms with van der Waals surface area (Å²) in [6, 6.07) is 23.3. The van der Waals surface area contributed by atoms with Crippen LogP contribution in [0, 0.1) is 10.1 Å². The second kappa shape index (κ2) is 9.45. The number of thiazole rings is 1. The molecule has 10 heteroatoms. The number of nitrogens with zero attached hydrogens (tertiary/aromatic N) is 2. The van der Waals surface area contributed by atoms with Crippen molar-refractivity contribution in [3.05, 3.63) is 100 Å². The molecule has 5 aromatic rings. The molecule has 1 amide bonds. The lowest BCUT2D eigenvalue weighted by Gasteiger charge is -2.06. The van der Waals surface area contributed by atoms with Crippen LogP contribution in [0.4, 0.5) is 10.8 Å². The summed E-state index contributed by atoms with van der Waals surface area (Å²) in [5, 5.41) is 21.5. The minimum Gasteiger partial charge on any atom is -0.451 e. The van der Waals surface area contributed by atoms with Gasteiger partial charge in [0.2, 0.25) is 0 Å². The van der Waals surface area contributed by atoms with Gasteiger partial charge in [-0.15, -0.1) is 11.3 Å². The summed E-state index contributed by atoms with van der Waals surface area (Å²) in [6.45, 7) is 0. The molecule has 0 spiro atoms. The van der Waals surface area contributed by atoms with Crippen molar-refractivity contribution in [3.63, 3.8) is 0 Å². The molecule has 0 aliphatic carbocycles. The Morgan fingerprint density at radius 1 is 1.00 bits per heavy atom. The van der Waals surface area contributed by atoms with E-state index in [1.807, 2.05) is 35.7 Å². The van der Waals surface area contributed by atoms with Crippen molar-refractivity contribution in [2.75, 3.05) is 5.32 Å². The molecule has 0 fully saturated rings. The number of amides is 1. The van der Waals surface area contributed by atoms with Gasteiger partial charge in [0.05, 0.1) is 16.2 Å². The second-order valence-corrected chi connectivity index (χ2v) is 8.71. The number of hydrogen-bond acceptors (Lipinski definition) is 7. The number of fused-ring (bicyclic) bond motifs is 1. The van der Waals surface area contributed by atoms with Gasteiger partial charge in [-0.25, -0.2) is 4.98 Å². The number of nitrogens with one attached hydrogen (secondary N) is 2. The third kappa shape index (κ3) is 4.79. The maximum absolute atomic E-state index is 12.6. The van der Waals surface area contributed by atoms with Crippen LogP contribution in [0.5, 0.6) is 0 Å². The van der Waals surface area contributed by atoms with Gasteiger partial charge >= 0.3 is 0 Å². The van der Waals surface area contributed by atoms with Crippen LogP contribution in [0.1, 0.15) is 10.6 Å². The third-order valence-corrected chi connectivity index (χ3v) is 6.15. The van der Waals surface area contributed by atoms with Crippen LogP contribution in [0.15, 0.2) is 88.7 Å². The summed E-state index contributed by atoms with van der Waals surface area (Å²) in [4.78, 5) is 27.9. The van der Waals surface area contributed by atoms with Gasteiger partial charge in [-0.1, -0.05) is 48.5 Å². The molecule has 2 aromatic heterocycles. The minimum atomic E-state index is -0.585. The molecule has 0 unspecified atom stereocenters. The zero-order valence-corrected chi connectivity index (χ0v) is 19.6. The molecule has 0 radical (unpaired) electrons. The van der Waals surface area contributed by atoms with Crippen molar-refractivity contribution in [1.29, 1.82) is 0 Å². The first-order valence-corrected chi connectivity index (χ1v) is 11.7. The summed E-state index contributed by atoms with van der Waals surface area (Å²) in [6.07, 6.45) is 0. The van der Waals surface area contributed by atoms with E-state index in [9.17, 15) is 14.9 Å². The number of hydrogen-bond donors (Lipinski definition) is 2. The number of thiocarbonyl (C=S) groups is 1. The smallest absolute Gasteiger partial charge is 0.293 e. The summed E-state index contributed by atoms with van der Waals surface area (Å²) in [7, 11) is 0. The van der Waals surface area contributed by atoms with E-state index in [1.54, 1.807) is 18.2 Å². The molecule has 2 heterocycles. The number of benzene rings is 3. The Morgan fingerprint density at radius 2 is 1.77 bits per heavy atom. The zero-order chi connectivity index (χ0) is 24.4. The van der Waals surface area contributed by atoms with Gasteiger partial charge in [-0.05, 0) is 47.3 Å². The monoisotopic (exact) mass is 500 g/mol. The van der Waals surface area contributed by atoms with Crippen LogP contribution >= 0.6 is 23.6 Å². The van der Waals surface area contributed by atoms with Gasteiger partial charge in [0.15, 0.2) is 16.0 Å². The number of aromatic nitrogens is 1. The van der Waals surface area contributed by atoms with Crippen molar-refractivity contribution in [1.82, 2.24) is 10.3 Å². The van der Waals surface area contributed by atoms with Gasteiger partial charge in [0, 0.05) is 17.0 Å². The van der Waals surface area contributed by atoms with Gasteiger partial charge in [-0.3, -0.25) is 20.2 Å². The van der Waals surface area contributed by atoms with E-state index < -0.39 is 10.8 Å². The van der Waals surface area contributed by atoms with Crippen LogP contribution in [-0.4, -0.2) is 20.9 Å². The molecular weight excluding hydrogens is 484 g/mol. The molecule has 3 aromatic carbocycles. The van der Waals surface area contributed by atoms with Crippen molar-refractivity contribution in [2.45, 2.75) is 0 Å². The van der Waals surface area contributed by atoms with Crippen LogP contribution in [0.3, 0.4) is 0 Å². The predicted octanol–water partition coefficient (Wildman–Crippen LogP) is 6.26. The van der Waals surface area contributed by atoms with E-state index in [4.69, 9.17) is 16.6 Å². The van der Waals surface area contributed by atoms with Crippen molar-refractivity contribution in [2.24, 2.45) is 0 Å². The number of nitro benzene ring substituents is 1. The van der Waals surface area contributed by atoms with Crippen LogP contribution < -0.4 is 10.6 Å². The zero-order valence-electron chi connectivity index (χ0n) is 17.9. The molecule has 2 N–H and O–H groups in total. The number of rotatable bonds is 5. The molecule has 8 nitrogen and oxygen atoms in total. The lowest BCUT2D eigenvalue weighted by atomic mass is 10.1. The van der Waals surface area contributed by atoms with Crippen LogP contribution in [0.2, 0.25) is 0 Å². The molecule has 35 heavy (non-hydrogen) atoms. The molecule has 0 saturated carbocycles. The van der Waals surface area contributed by atoms with Gasteiger partial charge in [0.25, 0.3) is 11.6 Å². The highest BCUT2D eigenvalue weighted by Crippen LogP contribution is 2.31. The number of para-hydroxylation sites is 1. The summed E-state index contributed by atoms with van der Waals surface area (Å²) in [5.41, 5.74) is 1.93. The first-order chi connectivity index (χ1) is 17.0. The number of carbonyl (C=O) groups is 1. The maximum Gasteiger partial charge on any atom is 0.293 e. The Morgan fingerprint density at radius 3 is 2.60 bits per heavy atom. The van der Waals surface area contributed by atoms with Crippen molar-refractivity contribution in [3.8, 4) is 22.6 Å². The van der Waals surface area contributed by atoms with Crippen LogP contribution in [-0.2, 0) is 0 Å². The SMILES string of the molecule is O=C(NC(=S)Nc1nc(-c2ccc3ccccc3c2)cs1)c1ccc(-c2ccccc2[N+](=O)[O-])o1. The highest BCUT2D eigenvalue weighted by atomic mass is 32.1. The molecule has 0 saturated heterocycles. The maximum atomic E-state index is 12.6. The summed E-state index contributed by atoms with van der Waals surface area (Å²) < 4.78 is 5.55. The molecule has 0 atom stereocenters. The molecule has 5 rings (SSSR count). The van der Waals surface area contributed by atoms with E-state index in [1.165, 1.54) is 29.5 Å². The van der Waals surface area contributed by atoms with Crippen molar-refractivity contribution >= 4 is 56.2 Å². The highest BCUT2D eigenvalue weighted by molar-refractivity contribution is 7.80. The third-order valence-electron chi connectivity index (χ3n) is 5.19. The summed E-state index contributed by atoms with van der Waals surface area (Å²) in [5.74, 6) is -0.404. The van der Waals surface area contributed by atoms with E-state index in [-0.39, 0.29) is 27.9 Å². The predicted molar refractivity (Wildman–Crippen MR) is 140 cm³/mol. The average Bonchev–Trinajstić information content (AvgIpc) is 3.54. The van der Waals surface area contributed by atoms with E-state index in [0.29, 0.717) is 5.13 Å². The second-order valence-electron chi connectivity index (χ2n) is 7.45. The Kier molecular flexibility index (Phi) is 6.04. The minimum absolute atomic E-state index is 0.0294. The standard InChI is InChI=1S/C25H16N4O4S2/c30-23(22-12-11-21(33-22)18-7-3-4-8-20(18)29(31)32)27-24(34)28-25-26-19(14-35-25)17-10-9-15-5-1-2-6-16(15)13-17/h1-14H,(H2,26,27,28,30,34). The first kappa shape index (κ1) is 22.4. The quantitative estimate of drug-likeness (QED) is 0.166. The Bertz CT molecular complexity index is 1590. The lowest BCUT2D eigenvalue weighted by Crippen LogP contribution is -2.33. The Labute approximate surface area is 208 Å². The topological polar surface area (TPSA) is 110 Å². The fourth-order valence-electron chi connectivity index (χ4n) is 3.55. The van der Waals surface area contributed by atoms with Crippen LogP contribution in [0.25, 0.3) is 33.4 Å². The van der Waals surface area contributed by atoms with Gasteiger partial charge < -0.3 is 9.73 Å². The Hall–Kier alpha value is -4.41. The lowest BCUT2D eigenvalue weighted by molar-refractivity contribution is -0.384. The van der Waals surface area contributed by atoms with E-state index in [0.717, 1.165) is 22.0 Å². The molecule has 172 valence electrons. The van der Waals surface area contributed by atoms with E-state index in [2.05, 4.69) is 27.8 Å². The number of anilines is 1.